The number of aromatic nitrogens is 2. The average molecular weight is 284 g/mol. The second-order valence-corrected chi connectivity index (χ2v) is 5.08. The summed E-state index contributed by atoms with van der Waals surface area (Å²) in [7, 11) is 1.74. The Labute approximate surface area is 122 Å². The van der Waals surface area contributed by atoms with Crippen molar-refractivity contribution in [2.24, 2.45) is 7.05 Å². The molecule has 6 nitrogen and oxygen atoms in total. The molecule has 0 radical (unpaired) electrons. The predicted molar refractivity (Wildman–Crippen MR) is 77.5 cm³/mol. The maximum absolute atomic E-state index is 12.3. The molecule has 0 aliphatic carbocycles. The fraction of sp³-hybridized carbons (Fsp3) is 0.267. The van der Waals surface area contributed by atoms with Gasteiger partial charge < -0.3 is 10.6 Å². The monoisotopic (exact) mass is 284 g/mol. The first kappa shape index (κ1) is 13.4. The van der Waals surface area contributed by atoms with Gasteiger partial charge in [0.05, 0.1) is 11.7 Å². The Hall–Kier alpha value is -2.63. The van der Waals surface area contributed by atoms with E-state index in [1.165, 1.54) is 0 Å². The third kappa shape index (κ3) is 2.79. The van der Waals surface area contributed by atoms with E-state index in [1.54, 1.807) is 17.8 Å². The highest BCUT2D eigenvalue weighted by molar-refractivity contribution is 5.94. The summed E-state index contributed by atoms with van der Waals surface area (Å²) < 4.78 is 1.56. The van der Waals surface area contributed by atoms with Crippen LogP contribution in [0, 0.1) is 0 Å². The Balaban J connectivity index is 1.78. The normalized spacial score (nSPS) is 17.6. The van der Waals surface area contributed by atoms with Crippen LogP contribution in [-0.2, 0) is 11.8 Å². The molecular formula is C15H16N4O2. The summed E-state index contributed by atoms with van der Waals surface area (Å²) in [6.07, 6.45) is 0.329. The maximum atomic E-state index is 12.3. The van der Waals surface area contributed by atoms with Crippen LogP contribution in [0.2, 0.25) is 0 Å². The summed E-state index contributed by atoms with van der Waals surface area (Å²) in [4.78, 5) is 23.4. The molecule has 1 fully saturated rings. The van der Waals surface area contributed by atoms with Crippen molar-refractivity contribution in [3.63, 3.8) is 0 Å². The molecule has 21 heavy (non-hydrogen) atoms. The largest absolute Gasteiger partial charge is 0.354 e. The zero-order chi connectivity index (χ0) is 14.8. The first-order chi connectivity index (χ1) is 10.1. The lowest BCUT2D eigenvalue weighted by atomic mass is 10.1. The third-order valence-corrected chi connectivity index (χ3v) is 3.49. The van der Waals surface area contributed by atoms with Crippen LogP contribution < -0.4 is 10.6 Å². The molecule has 1 atom stereocenters. The molecule has 2 heterocycles. The zero-order valence-corrected chi connectivity index (χ0v) is 11.7. The number of nitrogens with one attached hydrogen (secondary N) is 2. The molecule has 1 aromatic heterocycles. The number of aryl methyl sites for hydroxylation is 1. The van der Waals surface area contributed by atoms with Gasteiger partial charge in [0.1, 0.15) is 5.69 Å². The van der Waals surface area contributed by atoms with Crippen LogP contribution in [0.5, 0.6) is 0 Å². The number of amides is 2. The van der Waals surface area contributed by atoms with E-state index >= 15 is 0 Å². The van der Waals surface area contributed by atoms with Gasteiger partial charge in [0.25, 0.3) is 5.91 Å². The van der Waals surface area contributed by atoms with Gasteiger partial charge in [0.2, 0.25) is 5.91 Å². The first-order valence-corrected chi connectivity index (χ1v) is 6.80. The predicted octanol–water partition coefficient (Wildman–Crippen LogP) is 0.705. The summed E-state index contributed by atoms with van der Waals surface area (Å²) in [6, 6.07) is 11.3. The standard InChI is InChI=1S/C15H16N4O2/c1-19-13(15(21)17-11-7-14(20)16-9-11)8-12(18-19)10-5-3-2-4-6-10/h2-6,8,11H,7,9H2,1H3,(H,16,20)(H,17,21)/t11-/m1/s1. The van der Waals surface area contributed by atoms with Crippen LogP contribution in [0.1, 0.15) is 16.9 Å². The molecule has 2 amide bonds. The van der Waals surface area contributed by atoms with Gasteiger partial charge in [-0.25, -0.2) is 0 Å². The fourth-order valence-corrected chi connectivity index (χ4v) is 2.40. The summed E-state index contributed by atoms with van der Waals surface area (Å²) >= 11 is 0. The molecule has 0 spiro atoms. The van der Waals surface area contributed by atoms with Gasteiger partial charge in [-0.3, -0.25) is 14.3 Å². The van der Waals surface area contributed by atoms with Crippen LogP contribution in [-0.4, -0.2) is 34.2 Å². The molecule has 1 aliphatic rings. The molecule has 1 aliphatic heterocycles. The SMILES string of the molecule is Cn1nc(-c2ccccc2)cc1C(=O)N[C@H]1CNC(=O)C1. The van der Waals surface area contributed by atoms with Crippen molar-refractivity contribution in [3.8, 4) is 11.3 Å². The van der Waals surface area contributed by atoms with E-state index in [4.69, 9.17) is 0 Å². The van der Waals surface area contributed by atoms with Gasteiger partial charge in [-0.05, 0) is 6.07 Å². The number of hydrogen-bond donors (Lipinski definition) is 2. The van der Waals surface area contributed by atoms with Gasteiger partial charge in [0, 0.05) is 25.6 Å². The van der Waals surface area contributed by atoms with Crippen molar-refractivity contribution in [2.45, 2.75) is 12.5 Å². The van der Waals surface area contributed by atoms with Crippen LogP contribution in [0.25, 0.3) is 11.3 Å². The Morgan fingerprint density at radius 2 is 2.14 bits per heavy atom. The number of benzene rings is 1. The summed E-state index contributed by atoms with van der Waals surface area (Å²) in [6.45, 7) is 0.480. The summed E-state index contributed by atoms with van der Waals surface area (Å²) in [5, 5.41) is 9.91. The molecule has 1 saturated heterocycles. The second-order valence-electron chi connectivity index (χ2n) is 5.08. The van der Waals surface area contributed by atoms with Crippen molar-refractivity contribution < 1.29 is 9.59 Å². The van der Waals surface area contributed by atoms with Gasteiger partial charge in [0.15, 0.2) is 0 Å². The second kappa shape index (κ2) is 5.40. The highest BCUT2D eigenvalue weighted by Crippen LogP contribution is 2.18. The molecule has 2 aromatic rings. The fourth-order valence-electron chi connectivity index (χ4n) is 2.40. The van der Waals surface area contributed by atoms with Crippen molar-refractivity contribution in [2.75, 3.05) is 6.54 Å². The van der Waals surface area contributed by atoms with Gasteiger partial charge >= 0.3 is 0 Å². The van der Waals surface area contributed by atoms with Gasteiger partial charge in [-0.1, -0.05) is 30.3 Å². The molecule has 3 rings (SSSR count). The van der Waals surface area contributed by atoms with E-state index in [-0.39, 0.29) is 17.9 Å². The third-order valence-electron chi connectivity index (χ3n) is 3.49. The minimum absolute atomic E-state index is 0.0321. The van der Waals surface area contributed by atoms with Crippen molar-refractivity contribution in [3.05, 3.63) is 42.1 Å². The molecule has 2 N–H and O–H groups in total. The Morgan fingerprint density at radius 3 is 2.81 bits per heavy atom. The maximum Gasteiger partial charge on any atom is 0.269 e. The summed E-state index contributed by atoms with van der Waals surface area (Å²) in [5.74, 6) is -0.246. The smallest absolute Gasteiger partial charge is 0.269 e. The van der Waals surface area contributed by atoms with Crippen molar-refractivity contribution in [1.82, 2.24) is 20.4 Å². The molecule has 108 valence electrons. The first-order valence-electron chi connectivity index (χ1n) is 6.80. The number of rotatable bonds is 3. The molecule has 0 unspecified atom stereocenters. The van der Waals surface area contributed by atoms with Gasteiger partial charge in [-0.15, -0.1) is 0 Å². The highest BCUT2D eigenvalue weighted by atomic mass is 16.2. The van der Waals surface area contributed by atoms with E-state index in [1.807, 2.05) is 30.3 Å². The Morgan fingerprint density at radius 1 is 1.38 bits per heavy atom. The van der Waals surface area contributed by atoms with E-state index in [9.17, 15) is 9.59 Å². The molecule has 1 aromatic carbocycles. The van der Waals surface area contributed by atoms with Crippen LogP contribution in [0.15, 0.2) is 36.4 Å². The van der Waals surface area contributed by atoms with Gasteiger partial charge in [-0.2, -0.15) is 5.10 Å². The van der Waals surface area contributed by atoms with Crippen LogP contribution >= 0.6 is 0 Å². The summed E-state index contributed by atoms with van der Waals surface area (Å²) in [5.41, 5.74) is 2.20. The molecular weight excluding hydrogens is 268 g/mol. The molecule has 6 heteroatoms. The lowest BCUT2D eigenvalue weighted by Gasteiger charge is -2.09. The average Bonchev–Trinajstić information content (AvgIpc) is 3.06. The number of nitrogens with zero attached hydrogens (tertiary/aromatic N) is 2. The van der Waals surface area contributed by atoms with E-state index < -0.39 is 0 Å². The van der Waals surface area contributed by atoms with E-state index in [0.717, 1.165) is 11.3 Å². The zero-order valence-electron chi connectivity index (χ0n) is 11.7. The number of hydrogen-bond acceptors (Lipinski definition) is 3. The number of carbonyl (C=O) groups excluding carboxylic acids is 2. The Bertz CT molecular complexity index is 678. The highest BCUT2D eigenvalue weighted by Gasteiger charge is 2.24. The molecule has 0 saturated carbocycles. The van der Waals surface area contributed by atoms with Crippen molar-refractivity contribution >= 4 is 11.8 Å². The minimum Gasteiger partial charge on any atom is -0.354 e. The molecule has 0 bridgehead atoms. The van der Waals surface area contributed by atoms with E-state index in [0.29, 0.717) is 18.7 Å². The minimum atomic E-state index is -0.214. The lowest BCUT2D eigenvalue weighted by Crippen LogP contribution is -2.37. The van der Waals surface area contributed by atoms with Crippen LogP contribution in [0.3, 0.4) is 0 Å². The lowest BCUT2D eigenvalue weighted by molar-refractivity contribution is -0.119. The quantitative estimate of drug-likeness (QED) is 0.871. The topological polar surface area (TPSA) is 76.0 Å². The van der Waals surface area contributed by atoms with E-state index in [2.05, 4.69) is 15.7 Å². The van der Waals surface area contributed by atoms with Crippen LogP contribution in [0.4, 0.5) is 0 Å². The number of carbonyl (C=O) groups is 2. The van der Waals surface area contributed by atoms with Crippen molar-refractivity contribution in [1.29, 1.82) is 0 Å². The Kier molecular flexibility index (Phi) is 3.43.